The van der Waals surface area contributed by atoms with Gasteiger partial charge in [0.2, 0.25) is 0 Å². The summed E-state index contributed by atoms with van der Waals surface area (Å²) in [7, 11) is 0. The number of pyridine rings is 1. The molecule has 1 heterocycles. The van der Waals surface area contributed by atoms with E-state index in [4.69, 9.17) is 0 Å². The van der Waals surface area contributed by atoms with Gasteiger partial charge in [0.25, 0.3) is 0 Å². The monoisotopic (exact) mass is 236 g/mol. The molecule has 1 aromatic rings. The zero-order valence-corrected chi connectivity index (χ0v) is 10.7. The number of nitrogens with one attached hydrogen (secondary N) is 1. The summed E-state index contributed by atoms with van der Waals surface area (Å²) in [6.07, 6.45) is 9.04. The second-order valence-corrected chi connectivity index (χ2v) is 5.52. The van der Waals surface area contributed by atoms with E-state index in [9.17, 15) is 0 Å². The van der Waals surface area contributed by atoms with E-state index in [-0.39, 0.29) is 0 Å². The molecule has 1 aliphatic carbocycles. The average molecular weight is 236 g/mol. The van der Waals surface area contributed by atoms with Crippen molar-refractivity contribution >= 4 is 11.8 Å². The van der Waals surface area contributed by atoms with Gasteiger partial charge in [0.1, 0.15) is 0 Å². The summed E-state index contributed by atoms with van der Waals surface area (Å²) in [5.41, 5.74) is 1.36. The predicted octanol–water partition coefficient (Wildman–Crippen LogP) is 2.88. The number of aromatic nitrogens is 1. The quantitative estimate of drug-likeness (QED) is 0.582. The maximum Gasteiger partial charge on any atom is 0.0404 e. The molecule has 1 saturated carbocycles. The number of hydrogen-bond donors (Lipinski definition) is 1. The van der Waals surface area contributed by atoms with Gasteiger partial charge in [0.15, 0.2) is 0 Å². The van der Waals surface area contributed by atoms with Crippen molar-refractivity contribution in [1.29, 1.82) is 0 Å². The number of hydrogen-bond acceptors (Lipinski definition) is 3. The van der Waals surface area contributed by atoms with Crippen LogP contribution in [0.1, 0.15) is 31.7 Å². The molecule has 0 atom stereocenters. The van der Waals surface area contributed by atoms with E-state index in [1.807, 2.05) is 24.2 Å². The third-order valence-electron chi connectivity index (χ3n) is 2.69. The number of nitrogens with zero attached hydrogens (tertiary/aromatic N) is 1. The van der Waals surface area contributed by atoms with Gasteiger partial charge in [-0.25, -0.2) is 0 Å². The van der Waals surface area contributed by atoms with Gasteiger partial charge in [0.05, 0.1) is 0 Å². The fraction of sp³-hybridized carbons (Fsp3) is 0.615. The lowest BCUT2D eigenvalue weighted by molar-refractivity contribution is 0.726. The highest BCUT2D eigenvalue weighted by atomic mass is 32.2. The molecular weight excluding hydrogens is 216 g/mol. The molecule has 0 unspecified atom stereocenters. The Bertz CT molecular complexity index is 323. The minimum Gasteiger partial charge on any atom is -0.313 e. The van der Waals surface area contributed by atoms with Gasteiger partial charge in [-0.05, 0) is 30.9 Å². The average Bonchev–Trinajstić information content (AvgIpc) is 3.09. The third kappa shape index (κ3) is 4.14. The molecular formula is C13H20N2S. The molecule has 1 aromatic heterocycles. The van der Waals surface area contributed by atoms with Crippen molar-refractivity contribution in [3.63, 3.8) is 0 Å². The zero-order chi connectivity index (χ0) is 11.2. The van der Waals surface area contributed by atoms with Crippen LogP contribution in [0.25, 0.3) is 0 Å². The van der Waals surface area contributed by atoms with Crippen LogP contribution < -0.4 is 5.32 Å². The molecule has 3 heteroatoms. The minimum atomic E-state index is 0.824. The van der Waals surface area contributed by atoms with E-state index in [0.717, 1.165) is 24.8 Å². The topological polar surface area (TPSA) is 24.9 Å². The van der Waals surface area contributed by atoms with Crippen molar-refractivity contribution in [2.45, 2.75) is 43.5 Å². The van der Waals surface area contributed by atoms with Crippen molar-refractivity contribution in [3.8, 4) is 0 Å². The highest BCUT2D eigenvalue weighted by Crippen LogP contribution is 2.20. The first-order chi connectivity index (χ1) is 7.88. The van der Waals surface area contributed by atoms with Crippen LogP contribution in [0.3, 0.4) is 0 Å². The molecule has 1 N–H and O–H groups in total. The first kappa shape index (κ1) is 11.9. The lowest BCUT2D eigenvalue weighted by Crippen LogP contribution is -2.19. The largest absolute Gasteiger partial charge is 0.313 e. The Morgan fingerprint density at radius 1 is 1.44 bits per heavy atom. The van der Waals surface area contributed by atoms with Crippen molar-refractivity contribution in [2.75, 3.05) is 12.3 Å². The standard InChI is InChI=1S/C13H20N2S/c1-2-3-11-8-13(10-14-9-11)16-7-6-15-12-4-5-12/h8-10,12,15H,2-7H2,1H3. The third-order valence-corrected chi connectivity index (χ3v) is 3.65. The van der Waals surface area contributed by atoms with E-state index in [1.54, 1.807) is 0 Å². The smallest absolute Gasteiger partial charge is 0.0404 e. The maximum absolute atomic E-state index is 4.29. The molecule has 0 bridgehead atoms. The first-order valence-electron chi connectivity index (χ1n) is 6.18. The van der Waals surface area contributed by atoms with Gasteiger partial charge in [-0.3, -0.25) is 4.98 Å². The molecule has 0 aliphatic heterocycles. The lowest BCUT2D eigenvalue weighted by Gasteiger charge is -2.04. The fourth-order valence-corrected chi connectivity index (χ4v) is 2.51. The summed E-state index contributed by atoms with van der Waals surface area (Å²) in [4.78, 5) is 5.60. The summed E-state index contributed by atoms with van der Waals surface area (Å²) in [5, 5.41) is 3.53. The van der Waals surface area contributed by atoms with Gasteiger partial charge < -0.3 is 5.32 Å². The Kier molecular flexibility index (Phi) is 4.67. The lowest BCUT2D eigenvalue weighted by atomic mass is 10.2. The number of thioether (sulfide) groups is 1. The minimum absolute atomic E-state index is 0.824. The Hall–Kier alpha value is -0.540. The molecule has 0 amide bonds. The van der Waals surface area contributed by atoms with Gasteiger partial charge >= 0.3 is 0 Å². The summed E-state index contributed by atoms with van der Waals surface area (Å²) in [5.74, 6) is 1.15. The van der Waals surface area contributed by atoms with E-state index < -0.39 is 0 Å². The fourth-order valence-electron chi connectivity index (χ4n) is 1.69. The van der Waals surface area contributed by atoms with Crippen LogP contribution in [0.2, 0.25) is 0 Å². The predicted molar refractivity (Wildman–Crippen MR) is 70.0 cm³/mol. The Balaban J connectivity index is 1.71. The number of rotatable bonds is 7. The van der Waals surface area contributed by atoms with Crippen molar-refractivity contribution in [3.05, 3.63) is 24.0 Å². The van der Waals surface area contributed by atoms with E-state index in [0.29, 0.717) is 0 Å². The molecule has 0 aromatic carbocycles. The highest BCUT2D eigenvalue weighted by molar-refractivity contribution is 7.99. The van der Waals surface area contributed by atoms with Crippen LogP contribution >= 0.6 is 11.8 Å². The summed E-state index contributed by atoms with van der Waals surface area (Å²) >= 11 is 1.91. The highest BCUT2D eigenvalue weighted by Gasteiger charge is 2.19. The van der Waals surface area contributed by atoms with Crippen LogP contribution in [-0.2, 0) is 6.42 Å². The van der Waals surface area contributed by atoms with Gasteiger partial charge in [-0.2, -0.15) is 0 Å². The summed E-state index contributed by atoms with van der Waals surface area (Å²) in [6.45, 7) is 3.33. The van der Waals surface area contributed by atoms with Crippen molar-refractivity contribution in [2.24, 2.45) is 0 Å². The van der Waals surface area contributed by atoms with Crippen LogP contribution in [0.4, 0.5) is 0 Å². The van der Waals surface area contributed by atoms with Crippen molar-refractivity contribution < 1.29 is 0 Å². The van der Waals surface area contributed by atoms with Gasteiger partial charge in [-0.15, -0.1) is 11.8 Å². The molecule has 1 fully saturated rings. The Morgan fingerprint density at radius 3 is 3.06 bits per heavy atom. The van der Waals surface area contributed by atoms with Crippen LogP contribution in [0.15, 0.2) is 23.4 Å². The second kappa shape index (κ2) is 6.26. The summed E-state index contributed by atoms with van der Waals surface area (Å²) in [6, 6.07) is 3.10. The maximum atomic E-state index is 4.29. The van der Waals surface area contributed by atoms with E-state index in [1.165, 1.54) is 29.7 Å². The Labute approximate surface area is 102 Å². The van der Waals surface area contributed by atoms with Crippen LogP contribution in [0, 0.1) is 0 Å². The first-order valence-corrected chi connectivity index (χ1v) is 7.17. The zero-order valence-electron chi connectivity index (χ0n) is 9.91. The molecule has 88 valence electrons. The van der Waals surface area contributed by atoms with Gasteiger partial charge in [-0.1, -0.05) is 13.3 Å². The number of aryl methyl sites for hydroxylation is 1. The molecule has 0 radical (unpaired) electrons. The molecule has 0 spiro atoms. The van der Waals surface area contributed by atoms with Crippen molar-refractivity contribution in [1.82, 2.24) is 10.3 Å². The van der Waals surface area contributed by atoms with E-state index in [2.05, 4.69) is 23.3 Å². The normalized spacial score (nSPS) is 15.3. The molecule has 16 heavy (non-hydrogen) atoms. The molecule has 2 rings (SSSR count). The summed E-state index contributed by atoms with van der Waals surface area (Å²) < 4.78 is 0. The van der Waals surface area contributed by atoms with Crippen LogP contribution in [0.5, 0.6) is 0 Å². The second-order valence-electron chi connectivity index (χ2n) is 4.36. The molecule has 2 nitrogen and oxygen atoms in total. The van der Waals surface area contributed by atoms with E-state index >= 15 is 0 Å². The SMILES string of the molecule is CCCc1cncc(SCCNC2CC2)c1. The molecule has 0 saturated heterocycles. The Morgan fingerprint density at radius 2 is 2.31 bits per heavy atom. The molecule has 1 aliphatic rings. The van der Waals surface area contributed by atoms with Crippen LogP contribution in [-0.4, -0.2) is 23.3 Å². The van der Waals surface area contributed by atoms with Gasteiger partial charge in [0, 0.05) is 35.6 Å².